The third-order valence-electron chi connectivity index (χ3n) is 13.1. The molecule has 0 radical (unpaired) electrons. The Labute approximate surface area is 353 Å². The molecule has 0 spiro atoms. The minimum Gasteiger partial charge on any atom is -0.243 e. The van der Waals surface area contributed by atoms with Crippen molar-refractivity contribution >= 4 is 0 Å². The summed E-state index contributed by atoms with van der Waals surface area (Å²) < 4.78 is 0. The molecule has 286 valence electrons. The Bertz CT molecular complexity index is 3100. The van der Waals surface area contributed by atoms with Crippen LogP contribution in [0.1, 0.15) is 49.9 Å². The van der Waals surface area contributed by atoms with Crippen molar-refractivity contribution in [3.8, 4) is 89.5 Å². The van der Waals surface area contributed by atoms with Gasteiger partial charge in [0.25, 0.3) is 0 Å². The highest BCUT2D eigenvalue weighted by molar-refractivity contribution is 5.96. The van der Waals surface area contributed by atoms with E-state index in [4.69, 9.17) is 9.97 Å². The summed E-state index contributed by atoms with van der Waals surface area (Å²) in [5.74, 6) is 0. The van der Waals surface area contributed by atoms with Gasteiger partial charge >= 0.3 is 0 Å². The summed E-state index contributed by atoms with van der Waals surface area (Å²) in [4.78, 5) is 10.9. The molecule has 0 N–H and O–H groups in total. The topological polar surface area (TPSA) is 25.8 Å². The number of hydrogen-bond acceptors (Lipinski definition) is 2. The molecule has 9 aromatic rings. The quantitative estimate of drug-likeness (QED) is 0.168. The normalized spacial score (nSPS) is 13.9. The first-order chi connectivity index (χ1) is 29.3. The van der Waals surface area contributed by atoms with Gasteiger partial charge in [0.05, 0.1) is 22.8 Å². The smallest absolute Gasteiger partial charge is 0.0973 e. The fraction of sp³-hybridized carbons (Fsp3) is 0.103. The van der Waals surface area contributed by atoms with Gasteiger partial charge in [0.15, 0.2) is 0 Å². The van der Waals surface area contributed by atoms with E-state index in [1.54, 1.807) is 0 Å². The van der Waals surface area contributed by atoms with Crippen molar-refractivity contribution in [3.05, 3.63) is 216 Å². The Morgan fingerprint density at radius 2 is 0.683 bits per heavy atom. The maximum absolute atomic E-state index is 5.50. The highest BCUT2D eigenvalue weighted by atomic mass is 14.9. The molecule has 0 aliphatic heterocycles. The van der Waals surface area contributed by atoms with Gasteiger partial charge < -0.3 is 0 Å². The van der Waals surface area contributed by atoms with Crippen LogP contribution < -0.4 is 0 Å². The molecular weight excluding hydrogens is 725 g/mol. The van der Waals surface area contributed by atoms with E-state index in [0.29, 0.717) is 0 Å². The van der Waals surface area contributed by atoms with Crippen LogP contribution in [0.15, 0.2) is 194 Å². The average Bonchev–Trinajstić information content (AvgIpc) is 3.67. The fourth-order valence-corrected chi connectivity index (χ4v) is 9.94. The zero-order valence-electron chi connectivity index (χ0n) is 34.4. The van der Waals surface area contributed by atoms with Gasteiger partial charge in [-0.1, -0.05) is 204 Å². The van der Waals surface area contributed by atoms with Crippen LogP contribution in [0, 0.1) is 0 Å². The molecule has 1 aromatic heterocycles. The molecule has 0 bridgehead atoms. The van der Waals surface area contributed by atoms with Crippen LogP contribution >= 0.6 is 0 Å². The van der Waals surface area contributed by atoms with Crippen LogP contribution in [0.2, 0.25) is 0 Å². The standard InChI is InChI=1S/C58H44N2/c1-57(2)48-28-15-14-26-45(48)46-35-51-47(36-50(46)57)52-44(27-17-29-49(52)58(51,3)4)38-32-30-37(31-33-38)42-24-16-25-43(34-42)56-55(41-22-12-7-13-23-41)59-53(39-18-8-5-9-19-39)54(60-56)40-20-10-6-11-21-40/h5-36H,1-4H3. The lowest BCUT2D eigenvalue weighted by Crippen LogP contribution is -2.16. The van der Waals surface area contributed by atoms with Gasteiger partial charge in [-0.3, -0.25) is 0 Å². The van der Waals surface area contributed by atoms with Crippen LogP contribution in [0.25, 0.3) is 89.5 Å². The number of benzene rings is 8. The molecule has 0 saturated heterocycles. The molecule has 2 nitrogen and oxygen atoms in total. The highest BCUT2D eigenvalue weighted by Crippen LogP contribution is 2.57. The van der Waals surface area contributed by atoms with Crippen molar-refractivity contribution < 1.29 is 0 Å². The number of fused-ring (bicyclic) bond motifs is 6. The third-order valence-corrected chi connectivity index (χ3v) is 13.1. The van der Waals surface area contributed by atoms with Gasteiger partial charge in [0.2, 0.25) is 0 Å². The predicted octanol–water partition coefficient (Wildman–Crippen LogP) is 15.1. The Morgan fingerprint density at radius 3 is 1.30 bits per heavy atom. The summed E-state index contributed by atoms with van der Waals surface area (Å²) in [7, 11) is 0. The molecule has 0 atom stereocenters. The van der Waals surface area contributed by atoms with E-state index in [2.05, 4.69) is 204 Å². The molecule has 8 aromatic carbocycles. The number of hydrogen-bond donors (Lipinski definition) is 0. The van der Waals surface area contributed by atoms with Crippen molar-refractivity contribution in [2.24, 2.45) is 0 Å². The third kappa shape index (κ3) is 5.62. The largest absolute Gasteiger partial charge is 0.243 e. The second-order valence-corrected chi connectivity index (χ2v) is 17.3. The van der Waals surface area contributed by atoms with Crippen molar-refractivity contribution in [1.82, 2.24) is 9.97 Å². The SMILES string of the molecule is CC1(C)c2ccccc2-c2cc3c(cc21)-c1c(-c2ccc(-c4cccc(-c5nc(-c6ccccc6)c(-c6ccccc6)nc5-c5ccccc5)c4)cc2)cccc1C3(C)C. The van der Waals surface area contributed by atoms with Crippen molar-refractivity contribution in [3.63, 3.8) is 0 Å². The van der Waals surface area contributed by atoms with E-state index in [0.717, 1.165) is 56.2 Å². The zero-order valence-corrected chi connectivity index (χ0v) is 34.4. The summed E-state index contributed by atoms with van der Waals surface area (Å²) in [6.45, 7) is 9.53. The Morgan fingerprint density at radius 1 is 0.267 bits per heavy atom. The van der Waals surface area contributed by atoms with Crippen molar-refractivity contribution in [1.29, 1.82) is 0 Å². The molecule has 11 rings (SSSR count). The molecule has 0 saturated carbocycles. The van der Waals surface area contributed by atoms with Gasteiger partial charge in [-0.2, -0.15) is 0 Å². The lowest BCUT2D eigenvalue weighted by Gasteiger charge is -2.24. The van der Waals surface area contributed by atoms with Crippen LogP contribution in [0.3, 0.4) is 0 Å². The summed E-state index contributed by atoms with van der Waals surface area (Å²) in [5.41, 5.74) is 23.3. The van der Waals surface area contributed by atoms with Crippen LogP contribution in [-0.2, 0) is 10.8 Å². The average molecular weight is 769 g/mol. The maximum atomic E-state index is 5.50. The van der Waals surface area contributed by atoms with E-state index in [1.807, 2.05) is 18.2 Å². The van der Waals surface area contributed by atoms with E-state index in [1.165, 1.54) is 55.6 Å². The minimum atomic E-state index is -0.112. The second-order valence-electron chi connectivity index (χ2n) is 17.3. The van der Waals surface area contributed by atoms with E-state index < -0.39 is 0 Å². The number of rotatable bonds is 6. The van der Waals surface area contributed by atoms with Crippen molar-refractivity contribution in [2.75, 3.05) is 0 Å². The second kappa shape index (κ2) is 13.7. The van der Waals surface area contributed by atoms with E-state index in [9.17, 15) is 0 Å². The summed E-state index contributed by atoms with van der Waals surface area (Å²) >= 11 is 0. The monoisotopic (exact) mass is 768 g/mol. The Balaban J connectivity index is 1.01. The minimum absolute atomic E-state index is 0.0561. The molecule has 0 amide bonds. The van der Waals surface area contributed by atoms with E-state index in [-0.39, 0.29) is 10.8 Å². The van der Waals surface area contributed by atoms with Gasteiger partial charge in [-0.15, -0.1) is 0 Å². The highest BCUT2D eigenvalue weighted by Gasteiger charge is 2.42. The van der Waals surface area contributed by atoms with Gasteiger partial charge in [-0.25, -0.2) is 9.97 Å². The lowest BCUT2D eigenvalue weighted by atomic mass is 9.79. The molecule has 2 heteroatoms. The molecule has 0 fully saturated rings. The first kappa shape index (κ1) is 36.0. The predicted molar refractivity (Wildman–Crippen MR) is 250 cm³/mol. The van der Waals surface area contributed by atoms with Gasteiger partial charge in [0, 0.05) is 33.1 Å². The van der Waals surface area contributed by atoms with Crippen LogP contribution in [0.4, 0.5) is 0 Å². The molecule has 0 unspecified atom stereocenters. The molecule has 1 heterocycles. The van der Waals surface area contributed by atoms with E-state index >= 15 is 0 Å². The molecule has 60 heavy (non-hydrogen) atoms. The first-order valence-corrected chi connectivity index (χ1v) is 21.0. The summed E-state index contributed by atoms with van der Waals surface area (Å²) in [5, 5.41) is 0. The van der Waals surface area contributed by atoms with Gasteiger partial charge in [0.1, 0.15) is 0 Å². The Kier molecular flexibility index (Phi) is 8.22. The zero-order chi connectivity index (χ0) is 40.6. The van der Waals surface area contributed by atoms with Crippen LogP contribution in [-0.4, -0.2) is 9.97 Å². The molecule has 2 aliphatic rings. The lowest BCUT2D eigenvalue weighted by molar-refractivity contribution is 0.652. The van der Waals surface area contributed by atoms with Gasteiger partial charge in [-0.05, 0) is 85.0 Å². The molecular formula is C58H44N2. The molecule has 2 aliphatic carbocycles. The Hall–Kier alpha value is -7.16. The fourth-order valence-electron chi connectivity index (χ4n) is 9.94. The number of nitrogens with zero attached hydrogens (tertiary/aromatic N) is 2. The first-order valence-electron chi connectivity index (χ1n) is 21.0. The summed E-state index contributed by atoms with van der Waals surface area (Å²) in [6.07, 6.45) is 0. The van der Waals surface area contributed by atoms with Crippen LogP contribution in [0.5, 0.6) is 0 Å². The maximum Gasteiger partial charge on any atom is 0.0973 e. The number of aromatic nitrogens is 2. The summed E-state index contributed by atoms with van der Waals surface area (Å²) in [6, 6.07) is 70.0. The van der Waals surface area contributed by atoms with Crippen molar-refractivity contribution in [2.45, 2.75) is 38.5 Å².